The van der Waals surface area contributed by atoms with Crippen LogP contribution in [0.5, 0.6) is 0 Å². The molecule has 0 aliphatic carbocycles. The maximum atomic E-state index is 12.3. The lowest BCUT2D eigenvalue weighted by molar-refractivity contribution is -0.123. The largest absolute Gasteiger partial charge is 0.467 e. The van der Waals surface area contributed by atoms with Gasteiger partial charge in [-0.1, -0.05) is 26.8 Å². The summed E-state index contributed by atoms with van der Waals surface area (Å²) in [6.45, 7) is 7.64. The lowest BCUT2D eigenvalue weighted by Crippen LogP contribution is -2.27. The maximum absolute atomic E-state index is 12.3. The summed E-state index contributed by atoms with van der Waals surface area (Å²) < 4.78 is 5.17. The summed E-state index contributed by atoms with van der Waals surface area (Å²) in [7, 11) is 0. The van der Waals surface area contributed by atoms with E-state index in [1.165, 1.54) is 6.26 Å². The number of nitrogens with two attached hydrogens (primary N) is 1. The van der Waals surface area contributed by atoms with Crippen molar-refractivity contribution >= 4 is 35.6 Å². The second-order valence-corrected chi connectivity index (χ2v) is 6.69. The topological polar surface area (TPSA) is 97.4 Å². The van der Waals surface area contributed by atoms with Crippen LogP contribution in [0.3, 0.4) is 0 Å². The van der Waals surface area contributed by atoms with Crippen molar-refractivity contribution in [2.45, 2.75) is 34.2 Å². The summed E-state index contributed by atoms with van der Waals surface area (Å²) in [6.07, 6.45) is 1.37. The van der Waals surface area contributed by atoms with E-state index in [2.05, 4.69) is 10.6 Å². The minimum atomic E-state index is -0.496. The van der Waals surface area contributed by atoms with Gasteiger partial charge in [-0.25, -0.2) is 0 Å². The van der Waals surface area contributed by atoms with Crippen LogP contribution in [0, 0.1) is 12.3 Å². The molecule has 0 spiro atoms. The highest BCUT2D eigenvalue weighted by molar-refractivity contribution is 6.05. The predicted molar refractivity (Wildman–Crippen MR) is 101 cm³/mol. The Labute approximate surface area is 153 Å². The summed E-state index contributed by atoms with van der Waals surface area (Å²) in [6, 6.07) is 6.99. The third-order valence-electron chi connectivity index (χ3n) is 3.54. The molecule has 0 atom stereocenters. The summed E-state index contributed by atoms with van der Waals surface area (Å²) in [4.78, 5) is 24.4. The number of hydrogen-bond donors (Lipinski definition) is 3. The number of rotatable bonds is 4. The molecule has 2 rings (SSSR count). The molecule has 0 fully saturated rings. The average Bonchev–Trinajstić information content (AvgIpc) is 2.98. The Bertz CT molecular complexity index is 763. The summed E-state index contributed by atoms with van der Waals surface area (Å²) >= 11 is 0. The van der Waals surface area contributed by atoms with Crippen LogP contribution >= 0.6 is 12.4 Å². The molecule has 0 saturated heterocycles. The van der Waals surface area contributed by atoms with Crippen LogP contribution in [0.4, 0.5) is 11.4 Å². The van der Waals surface area contributed by atoms with E-state index in [-0.39, 0.29) is 30.8 Å². The van der Waals surface area contributed by atoms with Crippen molar-refractivity contribution in [2.24, 2.45) is 11.1 Å². The number of anilines is 2. The van der Waals surface area contributed by atoms with E-state index in [0.717, 1.165) is 5.56 Å². The van der Waals surface area contributed by atoms with Crippen molar-refractivity contribution in [2.75, 3.05) is 10.6 Å². The van der Waals surface area contributed by atoms with Gasteiger partial charge in [-0.3, -0.25) is 9.59 Å². The number of furan rings is 1. The Hall–Kier alpha value is -2.31. The molecule has 25 heavy (non-hydrogen) atoms. The standard InChI is InChI=1S/C18H23N3O3.ClH/c1-11-5-6-13(20-17(23)18(2,3)4)8-15(11)21-16(22)12-7-14(9-19)24-10-12;/h5-8,10H,9,19H2,1-4H3,(H,20,23)(H,21,22);1H. The molecule has 1 aromatic carbocycles. The zero-order valence-corrected chi connectivity index (χ0v) is 15.6. The molecule has 0 unspecified atom stereocenters. The monoisotopic (exact) mass is 365 g/mol. The van der Waals surface area contributed by atoms with Crippen molar-refractivity contribution in [3.63, 3.8) is 0 Å². The van der Waals surface area contributed by atoms with Crippen LogP contribution in [0.25, 0.3) is 0 Å². The minimum absolute atomic E-state index is 0. The van der Waals surface area contributed by atoms with Crippen molar-refractivity contribution in [1.82, 2.24) is 0 Å². The first-order valence-electron chi connectivity index (χ1n) is 7.71. The number of aryl methyl sites for hydroxylation is 1. The second kappa shape index (κ2) is 8.18. The van der Waals surface area contributed by atoms with Gasteiger partial charge in [-0.2, -0.15) is 0 Å². The molecule has 0 bridgehead atoms. The molecule has 0 aliphatic rings. The van der Waals surface area contributed by atoms with Gasteiger partial charge in [-0.05, 0) is 30.7 Å². The van der Waals surface area contributed by atoms with Crippen LogP contribution in [0.2, 0.25) is 0 Å². The van der Waals surface area contributed by atoms with Gasteiger partial charge in [0.2, 0.25) is 5.91 Å². The van der Waals surface area contributed by atoms with Gasteiger partial charge in [0.05, 0.1) is 12.1 Å². The van der Waals surface area contributed by atoms with E-state index in [4.69, 9.17) is 10.2 Å². The number of hydrogen-bond acceptors (Lipinski definition) is 4. The Morgan fingerprint density at radius 1 is 1.16 bits per heavy atom. The predicted octanol–water partition coefficient (Wildman–Crippen LogP) is 3.71. The van der Waals surface area contributed by atoms with Crippen LogP contribution in [-0.2, 0) is 11.3 Å². The molecular weight excluding hydrogens is 342 g/mol. The normalized spacial score (nSPS) is 10.8. The molecule has 4 N–H and O–H groups in total. The number of carbonyl (C=O) groups is 2. The lowest BCUT2D eigenvalue weighted by Gasteiger charge is -2.18. The lowest BCUT2D eigenvalue weighted by atomic mass is 9.95. The third kappa shape index (κ3) is 5.34. The van der Waals surface area contributed by atoms with Crippen molar-refractivity contribution in [1.29, 1.82) is 0 Å². The molecule has 2 aromatic rings. The highest BCUT2D eigenvalue weighted by Gasteiger charge is 2.21. The fraction of sp³-hybridized carbons (Fsp3) is 0.333. The first-order valence-corrected chi connectivity index (χ1v) is 7.71. The van der Waals surface area contributed by atoms with Crippen molar-refractivity contribution < 1.29 is 14.0 Å². The summed E-state index contributed by atoms with van der Waals surface area (Å²) in [5.41, 5.74) is 7.53. The Kier molecular flexibility index (Phi) is 6.78. The minimum Gasteiger partial charge on any atom is -0.467 e. The fourth-order valence-electron chi connectivity index (χ4n) is 1.95. The van der Waals surface area contributed by atoms with Crippen LogP contribution < -0.4 is 16.4 Å². The van der Waals surface area contributed by atoms with Gasteiger partial charge >= 0.3 is 0 Å². The quantitative estimate of drug-likeness (QED) is 0.769. The molecule has 2 amide bonds. The smallest absolute Gasteiger partial charge is 0.258 e. The van der Waals surface area contributed by atoms with E-state index in [1.54, 1.807) is 18.2 Å². The molecular formula is C18H24ClN3O3. The SMILES string of the molecule is Cc1ccc(NC(=O)C(C)(C)C)cc1NC(=O)c1coc(CN)c1.Cl. The van der Waals surface area contributed by atoms with Crippen molar-refractivity contribution in [3.05, 3.63) is 47.4 Å². The molecule has 0 radical (unpaired) electrons. The molecule has 7 heteroatoms. The number of nitrogens with one attached hydrogen (secondary N) is 2. The van der Waals surface area contributed by atoms with E-state index in [0.29, 0.717) is 22.7 Å². The average molecular weight is 366 g/mol. The maximum Gasteiger partial charge on any atom is 0.258 e. The fourth-order valence-corrected chi connectivity index (χ4v) is 1.95. The van der Waals surface area contributed by atoms with Crippen LogP contribution in [0.15, 0.2) is 34.9 Å². The van der Waals surface area contributed by atoms with Gasteiger partial charge in [0.15, 0.2) is 0 Å². The Morgan fingerprint density at radius 2 is 1.84 bits per heavy atom. The Balaban J connectivity index is 0.00000312. The van der Waals surface area contributed by atoms with E-state index in [1.807, 2.05) is 33.8 Å². The molecule has 0 saturated carbocycles. The van der Waals surface area contributed by atoms with Gasteiger partial charge in [-0.15, -0.1) is 12.4 Å². The first kappa shape index (κ1) is 20.7. The van der Waals surface area contributed by atoms with E-state index in [9.17, 15) is 9.59 Å². The third-order valence-corrected chi connectivity index (χ3v) is 3.54. The highest BCUT2D eigenvalue weighted by atomic mass is 35.5. The van der Waals surface area contributed by atoms with Gasteiger partial charge in [0.25, 0.3) is 5.91 Å². The first-order chi connectivity index (χ1) is 11.2. The molecule has 1 aromatic heterocycles. The van der Waals surface area contributed by atoms with Gasteiger partial charge in [0, 0.05) is 16.8 Å². The summed E-state index contributed by atoms with van der Waals surface area (Å²) in [5.74, 6) is 0.162. The second-order valence-electron chi connectivity index (χ2n) is 6.69. The van der Waals surface area contributed by atoms with Crippen LogP contribution in [-0.4, -0.2) is 11.8 Å². The highest BCUT2D eigenvalue weighted by Crippen LogP contribution is 2.23. The van der Waals surface area contributed by atoms with Crippen molar-refractivity contribution in [3.8, 4) is 0 Å². The molecule has 136 valence electrons. The van der Waals surface area contributed by atoms with Gasteiger partial charge < -0.3 is 20.8 Å². The van der Waals surface area contributed by atoms with Gasteiger partial charge in [0.1, 0.15) is 12.0 Å². The molecule has 6 nitrogen and oxygen atoms in total. The zero-order valence-electron chi connectivity index (χ0n) is 14.8. The number of carbonyl (C=O) groups excluding carboxylic acids is 2. The molecule has 1 heterocycles. The zero-order chi connectivity index (χ0) is 17.9. The number of halogens is 1. The van der Waals surface area contributed by atoms with Crippen LogP contribution in [0.1, 0.15) is 42.5 Å². The van der Waals surface area contributed by atoms with E-state index < -0.39 is 5.41 Å². The molecule has 0 aliphatic heterocycles. The number of benzene rings is 1. The number of amides is 2. The Morgan fingerprint density at radius 3 is 2.40 bits per heavy atom. The summed E-state index contributed by atoms with van der Waals surface area (Å²) in [5, 5.41) is 5.68. The van der Waals surface area contributed by atoms with E-state index >= 15 is 0 Å².